The molecule has 7 nitrogen and oxygen atoms in total. The first kappa shape index (κ1) is 15.9. The molecule has 122 valence electrons. The number of anilines is 1. The zero-order chi connectivity index (χ0) is 17.1. The van der Waals surface area contributed by atoms with Gasteiger partial charge in [-0.15, -0.1) is 16.4 Å². The average Bonchev–Trinajstić information content (AvgIpc) is 3.24. The number of esters is 1. The van der Waals surface area contributed by atoms with Crippen molar-refractivity contribution < 1.29 is 14.3 Å². The maximum atomic E-state index is 12.3. The second kappa shape index (κ2) is 6.63. The van der Waals surface area contributed by atoms with E-state index in [1.54, 1.807) is 11.4 Å². The minimum atomic E-state index is -0.501. The molecule has 3 rings (SSSR count). The van der Waals surface area contributed by atoms with Crippen molar-refractivity contribution in [2.24, 2.45) is 0 Å². The van der Waals surface area contributed by atoms with Crippen LogP contribution in [0.15, 0.2) is 42.0 Å². The lowest BCUT2D eigenvalue weighted by molar-refractivity contribution is 0.0607. The quantitative estimate of drug-likeness (QED) is 0.737. The lowest BCUT2D eigenvalue weighted by Gasteiger charge is -2.03. The van der Waals surface area contributed by atoms with E-state index in [-0.39, 0.29) is 5.82 Å². The minimum Gasteiger partial charge on any atom is -0.465 e. The number of aromatic nitrogens is 3. The van der Waals surface area contributed by atoms with Crippen LogP contribution in [0, 0.1) is 6.92 Å². The van der Waals surface area contributed by atoms with Crippen LogP contribution in [-0.2, 0) is 4.74 Å². The Hall–Kier alpha value is -3.00. The van der Waals surface area contributed by atoms with Gasteiger partial charge in [-0.1, -0.05) is 17.7 Å². The van der Waals surface area contributed by atoms with E-state index < -0.39 is 11.9 Å². The van der Waals surface area contributed by atoms with Gasteiger partial charge in [0.1, 0.15) is 11.2 Å². The molecule has 0 aliphatic rings. The zero-order valence-electron chi connectivity index (χ0n) is 13.0. The lowest BCUT2D eigenvalue weighted by Crippen LogP contribution is -2.16. The third-order valence-corrected chi connectivity index (χ3v) is 4.17. The summed E-state index contributed by atoms with van der Waals surface area (Å²) in [6.07, 6.45) is 1.47. The molecule has 0 atom stereocenters. The number of thiophene rings is 1. The smallest absolute Gasteiger partial charge is 0.350 e. The van der Waals surface area contributed by atoms with Gasteiger partial charge in [-0.3, -0.25) is 4.79 Å². The highest BCUT2D eigenvalue weighted by Crippen LogP contribution is 2.23. The number of hydrogen-bond acceptors (Lipinski definition) is 6. The summed E-state index contributed by atoms with van der Waals surface area (Å²) in [4.78, 5) is 28.2. The SMILES string of the molecule is COC(=O)c1sccc1NC(=O)c1ncn(-c2ccc(C)cc2)n1. The van der Waals surface area contributed by atoms with Crippen LogP contribution in [0.2, 0.25) is 0 Å². The van der Waals surface area contributed by atoms with Gasteiger partial charge in [0.05, 0.1) is 18.5 Å². The molecule has 2 aromatic heterocycles. The highest BCUT2D eigenvalue weighted by atomic mass is 32.1. The third-order valence-electron chi connectivity index (χ3n) is 3.28. The minimum absolute atomic E-state index is 0.0117. The fourth-order valence-corrected chi connectivity index (χ4v) is 2.79. The molecule has 1 aromatic carbocycles. The number of benzene rings is 1. The highest BCUT2D eigenvalue weighted by molar-refractivity contribution is 7.12. The molecule has 0 bridgehead atoms. The van der Waals surface area contributed by atoms with E-state index in [2.05, 4.69) is 20.1 Å². The fourth-order valence-electron chi connectivity index (χ4n) is 2.03. The summed E-state index contributed by atoms with van der Waals surface area (Å²) in [5.41, 5.74) is 2.31. The Bertz CT molecular complexity index is 883. The highest BCUT2D eigenvalue weighted by Gasteiger charge is 2.18. The van der Waals surface area contributed by atoms with Gasteiger partial charge < -0.3 is 10.1 Å². The molecule has 3 aromatic rings. The van der Waals surface area contributed by atoms with Crippen LogP contribution in [0.5, 0.6) is 0 Å². The van der Waals surface area contributed by atoms with E-state index >= 15 is 0 Å². The van der Waals surface area contributed by atoms with E-state index in [9.17, 15) is 9.59 Å². The Labute approximate surface area is 141 Å². The summed E-state index contributed by atoms with van der Waals surface area (Å²) in [5, 5.41) is 8.49. The number of carbonyl (C=O) groups excluding carboxylic acids is 2. The Morgan fingerprint density at radius 2 is 1.96 bits per heavy atom. The second-order valence-corrected chi connectivity index (χ2v) is 5.87. The van der Waals surface area contributed by atoms with Crippen LogP contribution in [0.4, 0.5) is 5.69 Å². The largest absolute Gasteiger partial charge is 0.465 e. The Morgan fingerprint density at radius 1 is 1.21 bits per heavy atom. The predicted molar refractivity (Wildman–Crippen MR) is 89.7 cm³/mol. The summed E-state index contributed by atoms with van der Waals surface area (Å²) >= 11 is 1.19. The average molecular weight is 342 g/mol. The van der Waals surface area contributed by atoms with Gasteiger partial charge in [-0.25, -0.2) is 14.5 Å². The van der Waals surface area contributed by atoms with E-state index in [1.807, 2.05) is 31.2 Å². The normalized spacial score (nSPS) is 10.4. The molecular formula is C16H14N4O3S. The lowest BCUT2D eigenvalue weighted by atomic mass is 10.2. The first-order chi connectivity index (χ1) is 11.6. The molecule has 24 heavy (non-hydrogen) atoms. The first-order valence-electron chi connectivity index (χ1n) is 7.04. The first-order valence-corrected chi connectivity index (χ1v) is 7.92. The number of nitrogens with one attached hydrogen (secondary N) is 1. The molecule has 0 saturated heterocycles. The van der Waals surface area contributed by atoms with Gasteiger partial charge in [0.2, 0.25) is 5.82 Å². The van der Waals surface area contributed by atoms with Crippen molar-refractivity contribution in [1.82, 2.24) is 14.8 Å². The third kappa shape index (κ3) is 3.18. The molecule has 1 amide bonds. The van der Waals surface area contributed by atoms with Crippen molar-refractivity contribution in [3.05, 3.63) is 58.3 Å². The van der Waals surface area contributed by atoms with Crippen LogP contribution in [0.3, 0.4) is 0 Å². The molecule has 0 fully saturated rings. The van der Waals surface area contributed by atoms with Crippen molar-refractivity contribution in [2.75, 3.05) is 12.4 Å². The van der Waals surface area contributed by atoms with Crippen molar-refractivity contribution in [3.63, 3.8) is 0 Å². The molecule has 0 unspecified atom stereocenters. The summed E-state index contributed by atoms with van der Waals surface area (Å²) in [7, 11) is 1.29. The Kier molecular flexibility index (Phi) is 4.39. The van der Waals surface area contributed by atoms with E-state index in [4.69, 9.17) is 0 Å². The summed E-state index contributed by atoms with van der Waals surface area (Å²) in [6, 6.07) is 9.31. The molecule has 0 aliphatic carbocycles. The summed E-state index contributed by atoms with van der Waals surface area (Å²) < 4.78 is 6.20. The number of aryl methyl sites for hydroxylation is 1. The zero-order valence-corrected chi connectivity index (χ0v) is 13.8. The Morgan fingerprint density at radius 3 is 2.67 bits per heavy atom. The molecule has 8 heteroatoms. The standard InChI is InChI=1S/C16H14N4O3S/c1-10-3-5-11(6-4-10)20-9-17-14(19-20)15(21)18-12-7-8-24-13(12)16(22)23-2/h3-9H,1-2H3,(H,18,21). The topological polar surface area (TPSA) is 86.1 Å². The summed E-state index contributed by atoms with van der Waals surface area (Å²) in [5.74, 6) is -0.986. The van der Waals surface area contributed by atoms with Crippen LogP contribution >= 0.6 is 11.3 Å². The number of nitrogens with zero attached hydrogens (tertiary/aromatic N) is 3. The van der Waals surface area contributed by atoms with Crippen LogP contribution < -0.4 is 5.32 Å². The molecular weight excluding hydrogens is 328 g/mol. The maximum absolute atomic E-state index is 12.3. The number of rotatable bonds is 4. The van der Waals surface area contributed by atoms with Gasteiger partial charge in [-0.2, -0.15) is 0 Å². The molecule has 0 spiro atoms. The van der Waals surface area contributed by atoms with Crippen LogP contribution in [0.1, 0.15) is 25.9 Å². The van der Waals surface area contributed by atoms with Gasteiger partial charge in [0.15, 0.2) is 0 Å². The van der Waals surface area contributed by atoms with Crippen molar-refractivity contribution in [1.29, 1.82) is 0 Å². The molecule has 2 heterocycles. The molecule has 0 radical (unpaired) electrons. The molecule has 0 aliphatic heterocycles. The Balaban J connectivity index is 1.78. The fraction of sp³-hybridized carbons (Fsp3) is 0.125. The van der Waals surface area contributed by atoms with Gasteiger partial charge in [0.25, 0.3) is 5.91 Å². The van der Waals surface area contributed by atoms with Crippen molar-refractivity contribution in [3.8, 4) is 5.69 Å². The van der Waals surface area contributed by atoms with Crippen LogP contribution in [-0.4, -0.2) is 33.8 Å². The summed E-state index contributed by atoms with van der Waals surface area (Å²) in [6.45, 7) is 1.99. The predicted octanol–water partition coefficient (Wildman–Crippen LogP) is 2.68. The number of carbonyl (C=O) groups is 2. The van der Waals surface area contributed by atoms with Crippen molar-refractivity contribution in [2.45, 2.75) is 6.92 Å². The number of ether oxygens (including phenoxy) is 1. The molecule has 0 saturated carbocycles. The number of hydrogen-bond donors (Lipinski definition) is 1. The number of amides is 1. The second-order valence-electron chi connectivity index (χ2n) is 4.96. The van der Waals surface area contributed by atoms with Gasteiger partial charge in [-0.05, 0) is 30.5 Å². The van der Waals surface area contributed by atoms with E-state index in [1.165, 1.54) is 29.5 Å². The molecule has 1 N–H and O–H groups in total. The monoisotopic (exact) mass is 342 g/mol. The number of methoxy groups -OCH3 is 1. The van der Waals surface area contributed by atoms with Crippen LogP contribution in [0.25, 0.3) is 5.69 Å². The van der Waals surface area contributed by atoms with Gasteiger partial charge in [0, 0.05) is 0 Å². The van der Waals surface area contributed by atoms with Crippen molar-refractivity contribution >= 4 is 28.9 Å². The van der Waals surface area contributed by atoms with E-state index in [0.717, 1.165) is 11.3 Å². The van der Waals surface area contributed by atoms with Gasteiger partial charge >= 0.3 is 5.97 Å². The maximum Gasteiger partial charge on any atom is 0.350 e. The van der Waals surface area contributed by atoms with E-state index in [0.29, 0.717) is 10.6 Å².